The third-order valence-corrected chi connectivity index (χ3v) is 7.22. The van der Waals surface area contributed by atoms with Crippen LogP contribution in [0.25, 0.3) is 17.1 Å². The largest absolute Gasteiger partial charge is 0.416 e. The van der Waals surface area contributed by atoms with Gasteiger partial charge in [-0.15, -0.1) is 21.5 Å². The predicted molar refractivity (Wildman–Crippen MR) is 137 cm³/mol. The lowest BCUT2D eigenvalue weighted by molar-refractivity contribution is -0.137. The second kappa shape index (κ2) is 11.1. The zero-order valence-electron chi connectivity index (χ0n) is 19.5. The Morgan fingerprint density at radius 2 is 1.95 bits per heavy atom. The maximum atomic E-state index is 13.4. The molecule has 0 aliphatic carbocycles. The van der Waals surface area contributed by atoms with Crippen molar-refractivity contribution in [2.24, 2.45) is 0 Å². The molecule has 13 heteroatoms. The van der Waals surface area contributed by atoms with Crippen molar-refractivity contribution >= 4 is 29.0 Å². The second-order valence-electron chi connectivity index (χ2n) is 7.85. The van der Waals surface area contributed by atoms with Crippen molar-refractivity contribution in [2.45, 2.75) is 23.6 Å². The highest BCUT2D eigenvalue weighted by Crippen LogP contribution is 2.34. The number of alkyl halides is 3. The van der Waals surface area contributed by atoms with Crippen LogP contribution < -0.4 is 5.32 Å². The van der Waals surface area contributed by atoms with Gasteiger partial charge < -0.3 is 5.32 Å². The first kappa shape index (κ1) is 25.5. The first-order chi connectivity index (χ1) is 18.4. The number of carbonyl (C=O) groups excluding carboxylic acids is 1. The van der Waals surface area contributed by atoms with Crippen LogP contribution in [0, 0.1) is 0 Å². The normalized spacial score (nSPS) is 11.4. The summed E-state index contributed by atoms with van der Waals surface area (Å²) < 4.78 is 41.8. The molecule has 192 valence electrons. The van der Waals surface area contributed by atoms with E-state index in [9.17, 15) is 18.0 Å². The smallest absolute Gasteiger partial charge is 0.345 e. The summed E-state index contributed by atoms with van der Waals surface area (Å²) in [4.78, 5) is 25.2. The maximum Gasteiger partial charge on any atom is 0.416 e. The van der Waals surface area contributed by atoms with Crippen LogP contribution in [0.1, 0.15) is 26.8 Å². The van der Waals surface area contributed by atoms with E-state index in [0.717, 1.165) is 17.8 Å². The van der Waals surface area contributed by atoms with Gasteiger partial charge in [0, 0.05) is 29.5 Å². The lowest BCUT2D eigenvalue weighted by Gasteiger charge is -2.13. The van der Waals surface area contributed by atoms with Gasteiger partial charge in [-0.25, -0.2) is 4.98 Å². The highest BCUT2D eigenvalue weighted by Gasteiger charge is 2.31. The Hall–Kier alpha value is -4.10. The van der Waals surface area contributed by atoms with Gasteiger partial charge in [-0.2, -0.15) is 13.2 Å². The molecule has 0 fully saturated rings. The van der Waals surface area contributed by atoms with Gasteiger partial charge in [0.1, 0.15) is 10.7 Å². The van der Waals surface area contributed by atoms with Crippen LogP contribution in [0.5, 0.6) is 0 Å². The Labute approximate surface area is 223 Å². The summed E-state index contributed by atoms with van der Waals surface area (Å²) in [5.74, 6) is 0.366. The predicted octanol–water partition coefficient (Wildman–Crippen LogP) is 5.42. The molecule has 0 spiro atoms. The zero-order chi connectivity index (χ0) is 26.5. The van der Waals surface area contributed by atoms with Crippen molar-refractivity contribution in [3.8, 4) is 17.1 Å². The average Bonchev–Trinajstić information content (AvgIpc) is 3.59. The fourth-order valence-corrected chi connectivity index (χ4v) is 5.22. The molecule has 4 heterocycles. The molecule has 4 aromatic heterocycles. The van der Waals surface area contributed by atoms with Crippen LogP contribution in [0.2, 0.25) is 0 Å². The van der Waals surface area contributed by atoms with Crippen molar-refractivity contribution in [1.29, 1.82) is 0 Å². The molecule has 1 N–H and O–H groups in total. The SMILES string of the molecule is O=C(NCc1ccccn1)c1csc(CSc2nnc(-c3cccnc3)n2-c2cccc(C(F)(F)F)c2)n1. The van der Waals surface area contributed by atoms with Gasteiger partial charge in [0.15, 0.2) is 11.0 Å². The fraction of sp³-hybridized carbons (Fsp3) is 0.120. The van der Waals surface area contributed by atoms with E-state index in [1.807, 2.05) is 12.1 Å². The van der Waals surface area contributed by atoms with Gasteiger partial charge in [-0.05, 0) is 42.5 Å². The summed E-state index contributed by atoms with van der Waals surface area (Å²) in [6.45, 7) is 0.276. The Balaban J connectivity index is 1.36. The topological polar surface area (TPSA) is 98.5 Å². The number of thioether (sulfide) groups is 1. The van der Waals surface area contributed by atoms with Crippen molar-refractivity contribution in [3.05, 3.63) is 101 Å². The van der Waals surface area contributed by atoms with E-state index in [1.165, 1.54) is 29.2 Å². The number of amides is 1. The van der Waals surface area contributed by atoms with Crippen LogP contribution in [-0.4, -0.2) is 35.6 Å². The van der Waals surface area contributed by atoms with E-state index in [2.05, 4.69) is 30.5 Å². The van der Waals surface area contributed by atoms with E-state index in [4.69, 9.17) is 0 Å². The fourth-order valence-electron chi connectivity index (χ4n) is 3.47. The number of thiazole rings is 1. The van der Waals surface area contributed by atoms with Gasteiger partial charge in [0.2, 0.25) is 0 Å². The van der Waals surface area contributed by atoms with Gasteiger partial charge in [-0.3, -0.25) is 19.3 Å². The highest BCUT2D eigenvalue weighted by atomic mass is 32.2. The minimum atomic E-state index is -4.50. The summed E-state index contributed by atoms with van der Waals surface area (Å²) in [7, 11) is 0. The number of nitrogens with zero attached hydrogens (tertiary/aromatic N) is 6. The highest BCUT2D eigenvalue weighted by molar-refractivity contribution is 7.98. The maximum absolute atomic E-state index is 13.4. The molecule has 8 nitrogen and oxygen atoms in total. The number of nitrogens with one attached hydrogen (secondary N) is 1. The molecule has 5 rings (SSSR count). The minimum Gasteiger partial charge on any atom is -0.345 e. The average molecular weight is 554 g/mol. The molecule has 1 aromatic carbocycles. The van der Waals surface area contributed by atoms with Crippen molar-refractivity contribution < 1.29 is 18.0 Å². The first-order valence-electron chi connectivity index (χ1n) is 11.2. The van der Waals surface area contributed by atoms with E-state index in [1.54, 1.807) is 52.8 Å². The molecule has 1 amide bonds. The van der Waals surface area contributed by atoms with Crippen molar-refractivity contribution in [2.75, 3.05) is 0 Å². The molecule has 5 aromatic rings. The van der Waals surface area contributed by atoms with Crippen LogP contribution in [0.3, 0.4) is 0 Å². The Morgan fingerprint density at radius 1 is 1.05 bits per heavy atom. The van der Waals surface area contributed by atoms with Gasteiger partial charge in [0.05, 0.1) is 29.2 Å². The second-order valence-corrected chi connectivity index (χ2v) is 9.74. The minimum absolute atomic E-state index is 0.264. The van der Waals surface area contributed by atoms with Crippen LogP contribution in [0.15, 0.2) is 83.7 Å². The van der Waals surface area contributed by atoms with Crippen molar-refractivity contribution in [1.82, 2.24) is 35.0 Å². The number of halogens is 3. The summed E-state index contributed by atoms with van der Waals surface area (Å²) in [5.41, 5.74) is 1.09. The number of hydrogen-bond acceptors (Lipinski definition) is 8. The van der Waals surface area contributed by atoms with Crippen LogP contribution in [-0.2, 0) is 18.5 Å². The number of pyridine rings is 2. The van der Waals surface area contributed by atoms with E-state index < -0.39 is 11.7 Å². The number of aromatic nitrogens is 6. The van der Waals surface area contributed by atoms with Gasteiger partial charge in [-0.1, -0.05) is 23.9 Å². The molecule has 0 atom stereocenters. The van der Waals surface area contributed by atoms with Crippen molar-refractivity contribution in [3.63, 3.8) is 0 Å². The van der Waals surface area contributed by atoms with Gasteiger partial charge in [0.25, 0.3) is 5.91 Å². The molecule has 0 radical (unpaired) electrons. The van der Waals surface area contributed by atoms with E-state index in [0.29, 0.717) is 27.3 Å². The quantitative estimate of drug-likeness (QED) is 0.256. The summed E-state index contributed by atoms with van der Waals surface area (Å²) in [6.07, 6.45) is 0.313. The van der Waals surface area contributed by atoms with E-state index in [-0.39, 0.29) is 23.8 Å². The molecule has 0 saturated heterocycles. The zero-order valence-corrected chi connectivity index (χ0v) is 21.1. The molecular weight excluding hydrogens is 535 g/mol. The third kappa shape index (κ3) is 5.89. The molecule has 38 heavy (non-hydrogen) atoms. The lowest BCUT2D eigenvalue weighted by Crippen LogP contribution is -2.23. The lowest BCUT2D eigenvalue weighted by atomic mass is 10.2. The molecule has 0 saturated carbocycles. The number of carbonyl (C=O) groups is 1. The Kier molecular flexibility index (Phi) is 7.47. The van der Waals surface area contributed by atoms with Crippen LogP contribution in [0.4, 0.5) is 13.2 Å². The first-order valence-corrected chi connectivity index (χ1v) is 13.0. The Morgan fingerprint density at radius 3 is 2.71 bits per heavy atom. The van der Waals surface area contributed by atoms with Gasteiger partial charge >= 0.3 is 6.18 Å². The number of rotatable bonds is 8. The molecular formula is C25H18F3N7OS2. The number of benzene rings is 1. The number of hydrogen-bond donors (Lipinski definition) is 1. The monoisotopic (exact) mass is 553 g/mol. The van der Waals surface area contributed by atoms with Crippen LogP contribution >= 0.6 is 23.1 Å². The Bertz CT molecular complexity index is 1540. The molecule has 0 bridgehead atoms. The summed E-state index contributed by atoms with van der Waals surface area (Å²) >= 11 is 2.56. The molecule has 0 aliphatic rings. The summed E-state index contributed by atoms with van der Waals surface area (Å²) in [6, 6.07) is 13.9. The third-order valence-electron chi connectivity index (χ3n) is 5.25. The summed E-state index contributed by atoms with van der Waals surface area (Å²) in [5, 5.41) is 13.9. The molecule has 0 aliphatic heterocycles. The standard InChI is InChI=1S/C25H18F3N7OS2/c26-25(27,28)17-6-3-8-19(11-17)35-22(16-5-4-9-29-12-16)33-34-24(35)38-15-21-32-20(14-37-21)23(36)31-13-18-7-1-2-10-30-18/h1-12,14H,13,15H2,(H,31,36). The molecule has 0 unspecified atom stereocenters. The van der Waals surface area contributed by atoms with E-state index >= 15 is 0 Å².